The van der Waals surface area contributed by atoms with Gasteiger partial charge in [0.1, 0.15) is 0 Å². The molecule has 1 saturated carbocycles. The van der Waals surface area contributed by atoms with Gasteiger partial charge in [-0.3, -0.25) is 0 Å². The van der Waals surface area contributed by atoms with Gasteiger partial charge in [0.2, 0.25) is 0 Å². The molecule has 0 spiro atoms. The molecule has 3 aliphatic carbocycles. The standard InChI is InChI=1S/C22H22N.Ir/c1-14-12-17-19-18(21(2)8-10-22(19,3)11-9-21)13-23-20(17)16-7-5-4-6-15(14)16;/h4-6,12-13H,8-11H2,1-3H3;/q-1;. The maximum Gasteiger partial charge on any atom is 0.0201 e. The molecule has 0 atom stereocenters. The summed E-state index contributed by atoms with van der Waals surface area (Å²) < 4.78 is 0. The van der Waals surface area contributed by atoms with Crippen LogP contribution in [-0.2, 0) is 30.9 Å². The van der Waals surface area contributed by atoms with Crippen molar-refractivity contribution in [3.05, 3.63) is 53.2 Å². The Balaban J connectivity index is 0.00000146. The van der Waals surface area contributed by atoms with Gasteiger partial charge in [-0.25, -0.2) is 0 Å². The number of aromatic nitrogens is 1. The minimum atomic E-state index is 0. The normalized spacial score (nSPS) is 28.0. The zero-order valence-electron chi connectivity index (χ0n) is 14.5. The van der Waals surface area contributed by atoms with Crippen molar-refractivity contribution in [1.82, 2.24) is 4.98 Å². The monoisotopic (exact) mass is 493 g/mol. The average Bonchev–Trinajstić information content (AvgIpc) is 2.57. The molecule has 2 aromatic carbocycles. The Labute approximate surface area is 157 Å². The second-order valence-electron chi connectivity index (χ2n) is 8.22. The van der Waals surface area contributed by atoms with Crippen LogP contribution in [0.2, 0.25) is 0 Å². The molecule has 0 aliphatic heterocycles. The molecule has 1 fully saturated rings. The maximum atomic E-state index is 4.93. The summed E-state index contributed by atoms with van der Waals surface area (Å²) in [6, 6.07) is 12.1. The number of hydrogen-bond donors (Lipinski definition) is 0. The quantitative estimate of drug-likeness (QED) is 0.294. The largest absolute Gasteiger partial charge is 0.304 e. The zero-order chi connectivity index (χ0) is 15.8. The van der Waals surface area contributed by atoms with Crippen LogP contribution >= 0.6 is 0 Å². The van der Waals surface area contributed by atoms with Crippen LogP contribution in [0.3, 0.4) is 0 Å². The number of fused-ring (bicyclic) bond motifs is 5. The second kappa shape index (κ2) is 5.13. The molecule has 1 heterocycles. The molecule has 0 N–H and O–H groups in total. The molecule has 0 amide bonds. The number of hydrogen-bond acceptors (Lipinski definition) is 1. The van der Waals surface area contributed by atoms with E-state index in [0.29, 0.717) is 10.8 Å². The van der Waals surface area contributed by atoms with Crippen molar-refractivity contribution < 1.29 is 20.1 Å². The first-order chi connectivity index (χ1) is 11.0. The van der Waals surface area contributed by atoms with Crippen LogP contribution in [0.25, 0.3) is 21.7 Å². The maximum absolute atomic E-state index is 4.93. The number of nitrogens with zero attached hydrogens (tertiary/aromatic N) is 1. The van der Waals surface area contributed by atoms with Crippen molar-refractivity contribution in [1.29, 1.82) is 0 Å². The predicted octanol–water partition coefficient (Wildman–Crippen LogP) is 5.60. The fourth-order valence-corrected chi connectivity index (χ4v) is 5.10. The van der Waals surface area contributed by atoms with Gasteiger partial charge in [0.15, 0.2) is 0 Å². The number of benzene rings is 2. The summed E-state index contributed by atoms with van der Waals surface area (Å²) >= 11 is 0. The summed E-state index contributed by atoms with van der Waals surface area (Å²) in [5, 5.41) is 3.84. The van der Waals surface area contributed by atoms with E-state index in [9.17, 15) is 0 Å². The number of rotatable bonds is 0. The Bertz CT molecular complexity index is 965. The molecule has 1 aromatic heterocycles. The minimum absolute atomic E-state index is 0. The van der Waals surface area contributed by atoms with Gasteiger partial charge in [-0.1, -0.05) is 25.5 Å². The Morgan fingerprint density at radius 3 is 2.50 bits per heavy atom. The molecule has 1 nitrogen and oxygen atoms in total. The third-order valence-electron chi connectivity index (χ3n) is 6.71. The van der Waals surface area contributed by atoms with Crippen molar-refractivity contribution in [2.24, 2.45) is 0 Å². The van der Waals surface area contributed by atoms with Crippen molar-refractivity contribution in [3.63, 3.8) is 0 Å². The summed E-state index contributed by atoms with van der Waals surface area (Å²) in [7, 11) is 0. The summed E-state index contributed by atoms with van der Waals surface area (Å²) in [6.07, 6.45) is 7.42. The Morgan fingerprint density at radius 1 is 1.04 bits per heavy atom. The molecule has 2 bridgehead atoms. The fourth-order valence-electron chi connectivity index (χ4n) is 5.10. The summed E-state index contributed by atoms with van der Waals surface area (Å²) in [5.41, 5.74) is 6.24. The van der Waals surface area contributed by atoms with Gasteiger partial charge in [0, 0.05) is 26.3 Å². The van der Waals surface area contributed by atoms with Crippen molar-refractivity contribution in [2.75, 3.05) is 0 Å². The molecule has 24 heavy (non-hydrogen) atoms. The van der Waals surface area contributed by atoms with E-state index in [1.165, 1.54) is 53.0 Å². The van der Waals surface area contributed by atoms with Crippen LogP contribution in [0.15, 0.2) is 30.5 Å². The Kier molecular flexibility index (Phi) is 3.47. The summed E-state index contributed by atoms with van der Waals surface area (Å²) in [5.74, 6) is 0. The van der Waals surface area contributed by atoms with Gasteiger partial charge < -0.3 is 4.98 Å². The van der Waals surface area contributed by atoms with Gasteiger partial charge in [-0.2, -0.15) is 0 Å². The first-order valence-corrected chi connectivity index (χ1v) is 8.76. The third kappa shape index (κ3) is 1.93. The zero-order valence-corrected chi connectivity index (χ0v) is 16.9. The summed E-state index contributed by atoms with van der Waals surface area (Å²) in [4.78, 5) is 4.93. The second-order valence-corrected chi connectivity index (χ2v) is 8.22. The van der Waals surface area contributed by atoms with E-state index in [1.54, 1.807) is 5.56 Å². The number of pyridine rings is 1. The average molecular weight is 493 g/mol. The minimum Gasteiger partial charge on any atom is -0.304 e. The SMILES string of the molecule is Cc1cc2c3c(cnc2c2[c-]cccc12)C1(C)CCC3(C)CC1.[Ir]. The molecule has 6 rings (SSSR count). The van der Waals surface area contributed by atoms with Gasteiger partial charge in [0.05, 0.1) is 0 Å². The van der Waals surface area contributed by atoms with E-state index < -0.39 is 0 Å². The van der Waals surface area contributed by atoms with E-state index in [2.05, 4.69) is 51.2 Å². The topological polar surface area (TPSA) is 12.9 Å². The third-order valence-corrected chi connectivity index (χ3v) is 6.71. The predicted molar refractivity (Wildman–Crippen MR) is 96.0 cm³/mol. The van der Waals surface area contributed by atoms with Gasteiger partial charge >= 0.3 is 0 Å². The molecule has 0 unspecified atom stereocenters. The first-order valence-electron chi connectivity index (χ1n) is 8.76. The van der Waals surface area contributed by atoms with Gasteiger partial charge in [-0.05, 0) is 65.5 Å². The van der Waals surface area contributed by atoms with Crippen LogP contribution < -0.4 is 0 Å². The molecule has 125 valence electrons. The first kappa shape index (κ1) is 16.2. The smallest absolute Gasteiger partial charge is 0.0201 e. The molecule has 3 aromatic rings. The van der Waals surface area contributed by atoms with Crippen LogP contribution in [0.1, 0.15) is 56.2 Å². The van der Waals surface area contributed by atoms with E-state index in [-0.39, 0.29) is 20.1 Å². The van der Waals surface area contributed by atoms with Crippen molar-refractivity contribution in [2.45, 2.75) is 57.3 Å². The Hall–Kier alpha value is -1.24. The molecule has 2 heteroatoms. The van der Waals surface area contributed by atoms with E-state index in [4.69, 9.17) is 4.98 Å². The van der Waals surface area contributed by atoms with Crippen LogP contribution in [0.4, 0.5) is 0 Å². The molecule has 1 radical (unpaired) electrons. The van der Waals surface area contributed by atoms with Crippen molar-refractivity contribution >= 4 is 21.7 Å². The summed E-state index contributed by atoms with van der Waals surface area (Å²) in [6.45, 7) is 7.14. The molecular formula is C22H22IrN-. The van der Waals surface area contributed by atoms with E-state index in [0.717, 1.165) is 5.52 Å². The molecule has 0 saturated heterocycles. The van der Waals surface area contributed by atoms with Gasteiger partial charge in [0.25, 0.3) is 0 Å². The number of aryl methyl sites for hydroxylation is 1. The van der Waals surface area contributed by atoms with Gasteiger partial charge in [-0.15, -0.1) is 35.0 Å². The van der Waals surface area contributed by atoms with Crippen molar-refractivity contribution in [3.8, 4) is 0 Å². The van der Waals surface area contributed by atoms with Crippen LogP contribution in [-0.4, -0.2) is 4.98 Å². The van der Waals surface area contributed by atoms with Crippen LogP contribution in [0.5, 0.6) is 0 Å². The fraction of sp³-hybridized carbons (Fsp3) is 0.409. The molecule has 3 aliphatic rings. The van der Waals surface area contributed by atoms with E-state index in [1.807, 2.05) is 6.07 Å². The van der Waals surface area contributed by atoms with E-state index >= 15 is 0 Å². The molecular weight excluding hydrogens is 470 g/mol. The van der Waals surface area contributed by atoms with Crippen LogP contribution in [0, 0.1) is 13.0 Å². The Morgan fingerprint density at radius 2 is 1.75 bits per heavy atom.